The molecule has 0 N–H and O–H groups in total. The SMILES string of the molecule is CC1=Cc2ccccc2[CH]1[Zr]1([CH]2C(C)=Cc3ccccc32)[CH2][CH2]1.Cl.Cl. The van der Waals surface area contributed by atoms with Crippen molar-refractivity contribution < 1.29 is 20.3 Å². The van der Waals surface area contributed by atoms with Crippen LogP contribution in [0.5, 0.6) is 0 Å². The number of fused-ring (bicyclic) bond motifs is 2. The third kappa shape index (κ3) is 2.75. The Labute approximate surface area is 167 Å². The molecule has 0 bridgehead atoms. The molecule has 25 heavy (non-hydrogen) atoms. The van der Waals surface area contributed by atoms with Gasteiger partial charge in [0.05, 0.1) is 0 Å². The normalized spacial score (nSPS) is 24.2. The average Bonchev–Trinajstić information content (AvgIpc) is 3.13. The van der Waals surface area contributed by atoms with Gasteiger partial charge in [0, 0.05) is 0 Å². The molecule has 1 aliphatic heterocycles. The first-order valence-corrected chi connectivity index (χ1v) is 15.1. The van der Waals surface area contributed by atoms with Gasteiger partial charge in [-0.25, -0.2) is 0 Å². The summed E-state index contributed by atoms with van der Waals surface area (Å²) in [5, 5.41) is 0. The summed E-state index contributed by atoms with van der Waals surface area (Å²) in [6.07, 6.45) is 4.94. The number of hydrogen-bond donors (Lipinski definition) is 0. The van der Waals surface area contributed by atoms with E-state index >= 15 is 0 Å². The predicted molar refractivity (Wildman–Crippen MR) is 110 cm³/mol. The van der Waals surface area contributed by atoms with E-state index in [1.54, 1.807) is 30.5 Å². The molecule has 3 aliphatic rings. The van der Waals surface area contributed by atoms with Gasteiger partial charge in [-0.05, 0) is 0 Å². The summed E-state index contributed by atoms with van der Waals surface area (Å²) < 4.78 is 4.73. The Bertz CT molecular complexity index is 808. The summed E-state index contributed by atoms with van der Waals surface area (Å²) >= 11 is -2.25. The summed E-state index contributed by atoms with van der Waals surface area (Å²) in [5.74, 6) is 0. The Kier molecular flexibility index (Phi) is 5.24. The fourth-order valence-corrected chi connectivity index (χ4v) is 23.1. The van der Waals surface area contributed by atoms with Gasteiger partial charge in [0.15, 0.2) is 0 Å². The molecule has 2 aromatic rings. The van der Waals surface area contributed by atoms with E-state index < -0.39 is 20.3 Å². The van der Waals surface area contributed by atoms with E-state index in [2.05, 4.69) is 74.5 Å². The largest absolute Gasteiger partial charge is 0.147 e. The van der Waals surface area contributed by atoms with E-state index in [1.165, 1.54) is 11.1 Å². The van der Waals surface area contributed by atoms with Gasteiger partial charge in [-0.2, -0.15) is 0 Å². The van der Waals surface area contributed by atoms with Crippen LogP contribution >= 0.6 is 24.8 Å². The first kappa shape index (κ1) is 19.2. The second-order valence-electron chi connectivity index (χ2n) is 7.63. The quantitative estimate of drug-likeness (QED) is 0.456. The second-order valence-corrected chi connectivity index (χ2v) is 19.0. The van der Waals surface area contributed by atoms with Gasteiger partial charge in [-0.3, -0.25) is 0 Å². The molecule has 1 heterocycles. The monoisotopic (exact) mass is 448 g/mol. The van der Waals surface area contributed by atoms with Crippen LogP contribution in [-0.2, 0) is 20.3 Å². The molecule has 1 fully saturated rings. The van der Waals surface area contributed by atoms with E-state index in [0.29, 0.717) is 0 Å². The average molecular weight is 451 g/mol. The molecule has 0 nitrogen and oxygen atoms in total. The Hall–Kier alpha value is -0.617. The van der Waals surface area contributed by atoms with Gasteiger partial charge < -0.3 is 0 Å². The van der Waals surface area contributed by atoms with Crippen LogP contribution in [0.15, 0.2) is 59.7 Å². The van der Waals surface area contributed by atoms with Crippen LogP contribution in [0.1, 0.15) is 43.4 Å². The summed E-state index contributed by atoms with van der Waals surface area (Å²) in [7, 11) is 0. The zero-order valence-electron chi connectivity index (χ0n) is 14.7. The van der Waals surface area contributed by atoms with Crippen molar-refractivity contribution in [3.8, 4) is 0 Å². The number of rotatable bonds is 2. The van der Waals surface area contributed by atoms with Gasteiger partial charge in [0.1, 0.15) is 0 Å². The maximum atomic E-state index is 2.47. The van der Waals surface area contributed by atoms with E-state index in [1.807, 2.05) is 0 Å². The Morgan fingerprint density at radius 3 is 1.48 bits per heavy atom. The third-order valence-electron chi connectivity index (χ3n) is 6.27. The number of allylic oxidation sites excluding steroid dienone is 2. The number of hydrogen-bond acceptors (Lipinski definition) is 0. The Morgan fingerprint density at radius 2 is 1.08 bits per heavy atom. The fourth-order valence-electron chi connectivity index (χ4n) is 5.37. The third-order valence-corrected chi connectivity index (χ3v) is 19.8. The maximum absolute atomic E-state index is 2.47. The Morgan fingerprint density at radius 1 is 0.680 bits per heavy atom. The zero-order valence-corrected chi connectivity index (χ0v) is 18.7. The van der Waals surface area contributed by atoms with E-state index in [-0.39, 0.29) is 24.8 Å². The molecule has 5 rings (SSSR count). The van der Waals surface area contributed by atoms with Gasteiger partial charge in [-0.1, -0.05) is 0 Å². The second kappa shape index (κ2) is 6.84. The molecular formula is C22H24Cl2Zr. The van der Waals surface area contributed by atoms with Crippen molar-refractivity contribution in [2.45, 2.75) is 29.4 Å². The van der Waals surface area contributed by atoms with E-state index in [0.717, 1.165) is 7.25 Å². The molecule has 0 aromatic heterocycles. The van der Waals surface area contributed by atoms with Crippen LogP contribution in [0.3, 0.4) is 0 Å². The molecule has 2 atom stereocenters. The molecule has 3 heteroatoms. The molecular weight excluding hydrogens is 426 g/mol. The van der Waals surface area contributed by atoms with Crippen LogP contribution in [0, 0.1) is 0 Å². The minimum Gasteiger partial charge on any atom is -0.147 e. The standard InChI is InChI=1S/2C10H9.C2H4.2ClH.Zr/c2*1-8-6-9-4-2-3-5-10(9)7-8;1-2;;;/h2*2-7H,1H3;1-2H2;2*1H;. The van der Waals surface area contributed by atoms with Gasteiger partial charge in [0.25, 0.3) is 0 Å². The summed E-state index contributed by atoms with van der Waals surface area (Å²) in [6, 6.07) is 18.3. The van der Waals surface area contributed by atoms with Crippen LogP contribution in [0.4, 0.5) is 0 Å². The number of halogens is 2. The molecule has 2 unspecified atom stereocenters. The van der Waals surface area contributed by atoms with Crippen LogP contribution in [0.2, 0.25) is 8.26 Å². The molecule has 130 valence electrons. The fraction of sp³-hybridized carbons (Fsp3) is 0.273. The molecule has 0 amide bonds. The van der Waals surface area contributed by atoms with Crippen molar-refractivity contribution in [3.63, 3.8) is 0 Å². The van der Waals surface area contributed by atoms with Crippen molar-refractivity contribution in [1.29, 1.82) is 0 Å². The molecule has 1 saturated heterocycles. The molecule has 2 aliphatic carbocycles. The minimum absolute atomic E-state index is 0. The van der Waals surface area contributed by atoms with E-state index in [9.17, 15) is 0 Å². The van der Waals surface area contributed by atoms with Crippen LogP contribution < -0.4 is 0 Å². The van der Waals surface area contributed by atoms with E-state index in [4.69, 9.17) is 0 Å². The topological polar surface area (TPSA) is 0 Å². The summed E-state index contributed by atoms with van der Waals surface area (Å²) in [6.45, 7) is 4.78. The number of benzene rings is 2. The van der Waals surface area contributed by atoms with Crippen molar-refractivity contribution >= 4 is 37.0 Å². The van der Waals surface area contributed by atoms with Gasteiger partial charge in [-0.15, -0.1) is 24.8 Å². The van der Waals surface area contributed by atoms with Crippen molar-refractivity contribution in [2.75, 3.05) is 0 Å². The molecule has 0 saturated carbocycles. The van der Waals surface area contributed by atoms with Crippen LogP contribution in [-0.4, -0.2) is 0 Å². The zero-order chi connectivity index (χ0) is 15.6. The Balaban J connectivity index is 0.000000911. The smallest absolute Gasteiger partial charge is 0.147 e. The van der Waals surface area contributed by atoms with Gasteiger partial charge >= 0.3 is 144 Å². The van der Waals surface area contributed by atoms with Gasteiger partial charge in [0.2, 0.25) is 0 Å². The summed E-state index contributed by atoms with van der Waals surface area (Å²) in [5.41, 5.74) is 9.58. The molecule has 2 aromatic carbocycles. The molecule has 0 radical (unpaired) electrons. The van der Waals surface area contributed by atoms with Crippen molar-refractivity contribution in [3.05, 3.63) is 81.9 Å². The van der Waals surface area contributed by atoms with Crippen molar-refractivity contribution in [2.24, 2.45) is 0 Å². The van der Waals surface area contributed by atoms with Crippen molar-refractivity contribution in [1.82, 2.24) is 0 Å². The minimum atomic E-state index is -2.25. The van der Waals surface area contributed by atoms with Crippen LogP contribution in [0.25, 0.3) is 12.2 Å². The first-order chi connectivity index (χ1) is 11.2. The summed E-state index contributed by atoms with van der Waals surface area (Å²) in [4.78, 5) is 0. The maximum Gasteiger partial charge on any atom is -0.147 e. The predicted octanol–water partition coefficient (Wildman–Crippen LogP) is 7.15. The molecule has 0 spiro atoms. The first-order valence-electron chi connectivity index (χ1n) is 8.75.